The van der Waals surface area contributed by atoms with Crippen LogP contribution in [0.15, 0.2) is 53.8 Å². The number of sulfonamides is 1. The predicted octanol–water partition coefficient (Wildman–Crippen LogP) is 3.80. The predicted molar refractivity (Wildman–Crippen MR) is 131 cm³/mol. The van der Waals surface area contributed by atoms with Gasteiger partial charge in [0.1, 0.15) is 28.4 Å². The Balaban J connectivity index is 1.92. The third-order valence-electron chi connectivity index (χ3n) is 5.46. The molecule has 0 saturated carbocycles. The van der Waals surface area contributed by atoms with Gasteiger partial charge in [-0.15, -0.1) is 0 Å². The van der Waals surface area contributed by atoms with Crippen molar-refractivity contribution in [1.29, 1.82) is 0 Å². The second kappa shape index (κ2) is 8.71. The number of hydrogen-bond donors (Lipinski definition) is 2. The molecular weight excluding hydrogens is 478 g/mol. The van der Waals surface area contributed by atoms with Gasteiger partial charge in [-0.25, -0.2) is 23.5 Å². The summed E-state index contributed by atoms with van der Waals surface area (Å²) in [5.41, 5.74) is 8.12. The van der Waals surface area contributed by atoms with Gasteiger partial charge in [0.2, 0.25) is 10.0 Å². The molecule has 0 amide bonds. The molecule has 0 unspecified atom stereocenters. The minimum absolute atomic E-state index is 0.0320. The molecule has 0 atom stereocenters. The molecule has 4 N–H and O–H groups in total. The number of primary sulfonamides is 1. The first kappa shape index (κ1) is 23.7. The Bertz CT molecular complexity index is 1550. The third kappa shape index (κ3) is 4.00. The summed E-state index contributed by atoms with van der Waals surface area (Å²) in [6, 6.07) is 9.30. The highest BCUT2D eigenvalue weighted by Gasteiger charge is 2.24. The Morgan fingerprint density at radius 2 is 1.88 bits per heavy atom. The Kier molecular flexibility index (Phi) is 6.07. The summed E-state index contributed by atoms with van der Waals surface area (Å²) in [6.45, 7) is 3.94. The van der Waals surface area contributed by atoms with Gasteiger partial charge < -0.3 is 15.0 Å². The largest absolute Gasteiger partial charge is 0.496 e. The van der Waals surface area contributed by atoms with Crippen molar-refractivity contribution in [3.63, 3.8) is 0 Å². The fourth-order valence-electron chi connectivity index (χ4n) is 3.83. The van der Waals surface area contributed by atoms with E-state index in [1.54, 1.807) is 30.5 Å². The topological polar surface area (TPSA) is 143 Å². The van der Waals surface area contributed by atoms with E-state index in [9.17, 15) is 13.2 Å². The van der Waals surface area contributed by atoms with Gasteiger partial charge in [-0.3, -0.25) is 4.79 Å². The number of halogens is 1. The molecule has 176 valence electrons. The molecule has 4 rings (SSSR count). The molecule has 0 saturated heterocycles. The van der Waals surface area contributed by atoms with Crippen LogP contribution in [0.1, 0.15) is 35.8 Å². The molecule has 2 heterocycles. The molecule has 0 bridgehead atoms. The standard InChI is InChI=1S/C23H22ClN5O4S/c1-12(2)29-10-16(19-22(25)27-11-28-23(19)29)21(30)13-7-8-17(33-3)15(9-13)14-5-4-6-18(20(14)24)34(26,31)32/h4-12H,1-3H3,(H2,25,27,28)(H2,26,31,32). The van der Waals surface area contributed by atoms with E-state index in [2.05, 4.69) is 9.97 Å². The number of hydrogen-bond acceptors (Lipinski definition) is 7. The lowest BCUT2D eigenvalue weighted by Crippen LogP contribution is -2.13. The molecular formula is C23H22ClN5O4S. The van der Waals surface area contributed by atoms with Crippen molar-refractivity contribution in [3.05, 3.63) is 65.1 Å². The number of rotatable bonds is 6. The number of ketones is 1. The number of carbonyl (C=O) groups excluding carboxylic acids is 1. The van der Waals surface area contributed by atoms with Crippen LogP contribution in [0.3, 0.4) is 0 Å². The molecule has 0 aliphatic rings. The van der Waals surface area contributed by atoms with E-state index in [1.807, 2.05) is 18.4 Å². The summed E-state index contributed by atoms with van der Waals surface area (Å²) in [4.78, 5) is 21.8. The van der Waals surface area contributed by atoms with Crippen molar-refractivity contribution >= 4 is 44.3 Å². The van der Waals surface area contributed by atoms with Crippen LogP contribution < -0.4 is 15.6 Å². The van der Waals surface area contributed by atoms with Crippen LogP contribution in [0.25, 0.3) is 22.2 Å². The Morgan fingerprint density at radius 3 is 2.53 bits per heavy atom. The maximum atomic E-state index is 13.6. The molecule has 9 nitrogen and oxygen atoms in total. The Labute approximate surface area is 201 Å². The summed E-state index contributed by atoms with van der Waals surface area (Å²) in [6.07, 6.45) is 3.07. The number of nitrogens with zero attached hydrogens (tertiary/aromatic N) is 3. The molecule has 0 fully saturated rings. The quantitative estimate of drug-likeness (QED) is 0.384. The Morgan fingerprint density at radius 1 is 1.15 bits per heavy atom. The van der Waals surface area contributed by atoms with Gasteiger partial charge in [0.25, 0.3) is 0 Å². The maximum absolute atomic E-state index is 13.6. The SMILES string of the molecule is COc1ccc(C(=O)c2cn(C(C)C)c3ncnc(N)c23)cc1-c1cccc(S(N)(=O)=O)c1Cl. The molecule has 2 aromatic heterocycles. The number of carbonyl (C=O) groups is 1. The number of anilines is 1. The van der Waals surface area contributed by atoms with Gasteiger partial charge in [-0.05, 0) is 38.1 Å². The second-order valence-electron chi connectivity index (χ2n) is 7.91. The molecule has 2 aromatic carbocycles. The molecule has 4 aromatic rings. The maximum Gasteiger partial charge on any atom is 0.239 e. The van der Waals surface area contributed by atoms with E-state index < -0.39 is 10.0 Å². The van der Waals surface area contributed by atoms with Crippen LogP contribution in [-0.2, 0) is 10.0 Å². The number of methoxy groups -OCH3 is 1. The van der Waals surface area contributed by atoms with Gasteiger partial charge in [0.15, 0.2) is 5.78 Å². The lowest BCUT2D eigenvalue weighted by atomic mass is 9.97. The zero-order valence-corrected chi connectivity index (χ0v) is 20.2. The monoisotopic (exact) mass is 499 g/mol. The molecule has 0 radical (unpaired) electrons. The number of nitrogens with two attached hydrogens (primary N) is 2. The third-order valence-corrected chi connectivity index (χ3v) is 6.93. The van der Waals surface area contributed by atoms with Crippen molar-refractivity contribution in [2.24, 2.45) is 5.14 Å². The highest BCUT2D eigenvalue weighted by atomic mass is 35.5. The lowest BCUT2D eigenvalue weighted by molar-refractivity contribution is 0.104. The molecule has 11 heteroatoms. The van der Waals surface area contributed by atoms with Gasteiger partial charge in [0.05, 0.1) is 23.1 Å². The van der Waals surface area contributed by atoms with Crippen LogP contribution in [0.2, 0.25) is 5.02 Å². The highest BCUT2D eigenvalue weighted by molar-refractivity contribution is 7.89. The smallest absolute Gasteiger partial charge is 0.239 e. The van der Waals surface area contributed by atoms with E-state index >= 15 is 0 Å². The summed E-state index contributed by atoms with van der Waals surface area (Å²) in [5, 5.41) is 5.70. The summed E-state index contributed by atoms with van der Waals surface area (Å²) >= 11 is 6.41. The van der Waals surface area contributed by atoms with Crippen LogP contribution in [0.4, 0.5) is 5.82 Å². The first-order valence-electron chi connectivity index (χ1n) is 10.2. The van der Waals surface area contributed by atoms with E-state index in [4.69, 9.17) is 27.2 Å². The normalized spacial score (nSPS) is 11.8. The second-order valence-corrected chi connectivity index (χ2v) is 9.82. The van der Waals surface area contributed by atoms with Gasteiger partial charge in [0, 0.05) is 28.9 Å². The van der Waals surface area contributed by atoms with Crippen LogP contribution >= 0.6 is 11.6 Å². The minimum Gasteiger partial charge on any atom is -0.496 e. The molecule has 0 aliphatic heterocycles. The fourth-order valence-corrected chi connectivity index (χ4v) is 5.01. The van der Waals surface area contributed by atoms with E-state index in [-0.39, 0.29) is 27.6 Å². The first-order chi connectivity index (χ1) is 16.0. The van der Waals surface area contributed by atoms with Gasteiger partial charge in [-0.1, -0.05) is 23.7 Å². The first-order valence-corrected chi connectivity index (χ1v) is 12.1. The van der Waals surface area contributed by atoms with E-state index in [0.29, 0.717) is 39.0 Å². The molecule has 0 aliphatic carbocycles. The number of nitrogen functional groups attached to an aromatic ring is 1. The summed E-state index contributed by atoms with van der Waals surface area (Å²) in [7, 11) is -2.59. The zero-order valence-electron chi connectivity index (χ0n) is 18.6. The van der Waals surface area contributed by atoms with E-state index in [1.165, 1.54) is 25.6 Å². The average Bonchev–Trinajstić information content (AvgIpc) is 3.19. The Hall–Kier alpha value is -3.47. The van der Waals surface area contributed by atoms with Crippen molar-refractivity contribution in [2.45, 2.75) is 24.8 Å². The number of fused-ring (bicyclic) bond motifs is 1. The van der Waals surface area contributed by atoms with Crippen LogP contribution in [0.5, 0.6) is 5.75 Å². The zero-order chi connectivity index (χ0) is 24.8. The number of ether oxygens (including phenoxy) is 1. The van der Waals surface area contributed by atoms with Crippen molar-refractivity contribution < 1.29 is 17.9 Å². The molecule has 34 heavy (non-hydrogen) atoms. The average molecular weight is 500 g/mol. The van der Waals surface area contributed by atoms with Crippen molar-refractivity contribution in [1.82, 2.24) is 14.5 Å². The van der Waals surface area contributed by atoms with E-state index in [0.717, 1.165) is 0 Å². The minimum atomic E-state index is -4.06. The highest BCUT2D eigenvalue weighted by Crippen LogP contribution is 2.39. The van der Waals surface area contributed by atoms with Crippen molar-refractivity contribution in [3.8, 4) is 16.9 Å². The van der Waals surface area contributed by atoms with Gasteiger partial charge >= 0.3 is 0 Å². The van der Waals surface area contributed by atoms with Crippen LogP contribution in [0, 0.1) is 0 Å². The summed E-state index contributed by atoms with van der Waals surface area (Å²) < 4.78 is 31.2. The van der Waals surface area contributed by atoms with Crippen molar-refractivity contribution in [2.75, 3.05) is 12.8 Å². The number of benzene rings is 2. The van der Waals surface area contributed by atoms with Gasteiger partial charge in [-0.2, -0.15) is 0 Å². The fraction of sp³-hybridized carbons (Fsp3) is 0.174. The number of aromatic nitrogens is 3. The van der Waals surface area contributed by atoms with Crippen LogP contribution in [-0.4, -0.2) is 35.8 Å². The molecule has 0 spiro atoms. The lowest BCUT2D eigenvalue weighted by Gasteiger charge is -2.13. The summed E-state index contributed by atoms with van der Waals surface area (Å²) in [5.74, 6) is 0.288.